The van der Waals surface area contributed by atoms with Crippen LogP contribution in [-0.4, -0.2) is 31.5 Å². The zero-order valence-corrected chi connectivity index (χ0v) is 13.5. The Morgan fingerprint density at radius 2 is 1.74 bits per heavy atom. The van der Waals surface area contributed by atoms with Gasteiger partial charge in [-0.15, -0.1) is 0 Å². The molecule has 0 aliphatic heterocycles. The van der Waals surface area contributed by atoms with Crippen molar-refractivity contribution in [1.82, 2.24) is 4.31 Å². The summed E-state index contributed by atoms with van der Waals surface area (Å²) in [6.45, 7) is -0.177. The number of benzene rings is 2. The number of hydrogen-bond donors (Lipinski definition) is 1. The van der Waals surface area contributed by atoms with Crippen molar-refractivity contribution in [3.05, 3.63) is 71.9 Å². The van der Waals surface area contributed by atoms with Crippen molar-refractivity contribution in [2.75, 3.05) is 13.7 Å². The molecular formula is C18H17NO3S. The average molecular weight is 327 g/mol. The third-order valence-corrected chi connectivity index (χ3v) is 4.87. The third-order valence-electron chi connectivity index (χ3n) is 3.12. The lowest BCUT2D eigenvalue weighted by Gasteiger charge is -2.14. The Bertz CT molecular complexity index is 829. The van der Waals surface area contributed by atoms with Gasteiger partial charge in [-0.25, -0.2) is 8.42 Å². The van der Waals surface area contributed by atoms with Gasteiger partial charge >= 0.3 is 0 Å². The van der Waals surface area contributed by atoms with Gasteiger partial charge in [-0.1, -0.05) is 42.2 Å². The molecule has 4 nitrogen and oxygen atoms in total. The van der Waals surface area contributed by atoms with Gasteiger partial charge in [-0.2, -0.15) is 0 Å². The van der Waals surface area contributed by atoms with Crippen LogP contribution < -0.4 is 0 Å². The summed E-state index contributed by atoms with van der Waals surface area (Å²) in [5, 5.41) is 8.65. The molecule has 0 aromatic heterocycles. The van der Waals surface area contributed by atoms with Crippen molar-refractivity contribution in [2.45, 2.75) is 4.90 Å². The number of rotatable bonds is 4. The van der Waals surface area contributed by atoms with Crippen molar-refractivity contribution in [3.8, 4) is 11.8 Å². The first-order valence-corrected chi connectivity index (χ1v) is 8.39. The Morgan fingerprint density at radius 1 is 1.09 bits per heavy atom. The van der Waals surface area contributed by atoms with Crippen molar-refractivity contribution in [1.29, 1.82) is 0 Å². The molecule has 0 atom stereocenters. The lowest BCUT2D eigenvalue weighted by Crippen LogP contribution is -2.21. The molecule has 0 saturated heterocycles. The molecule has 23 heavy (non-hydrogen) atoms. The van der Waals surface area contributed by atoms with Crippen molar-refractivity contribution < 1.29 is 13.5 Å². The summed E-state index contributed by atoms with van der Waals surface area (Å²) >= 11 is 0. The smallest absolute Gasteiger partial charge is 0.263 e. The van der Waals surface area contributed by atoms with Gasteiger partial charge in [0.05, 0.1) is 4.90 Å². The van der Waals surface area contributed by atoms with E-state index in [1.165, 1.54) is 17.6 Å². The summed E-state index contributed by atoms with van der Waals surface area (Å²) in [6, 6.07) is 15.6. The molecule has 2 rings (SSSR count). The van der Waals surface area contributed by atoms with E-state index in [2.05, 4.69) is 11.8 Å². The van der Waals surface area contributed by atoms with E-state index in [0.717, 1.165) is 11.1 Å². The highest BCUT2D eigenvalue weighted by Crippen LogP contribution is 2.15. The fourth-order valence-electron chi connectivity index (χ4n) is 1.85. The fraction of sp³-hybridized carbons (Fsp3) is 0.111. The molecule has 1 N–H and O–H groups in total. The standard InChI is InChI=1S/C18H17NO3S/c1-19(23(21,22)18-7-3-2-4-8-18)14-13-17-11-9-16(10-12-17)6-5-15-20/h2-4,7-14,20H,15H2,1H3/b14-13-. The molecule has 0 saturated carbocycles. The van der Waals surface area contributed by atoms with Crippen LogP contribution >= 0.6 is 0 Å². The van der Waals surface area contributed by atoms with Crippen molar-refractivity contribution >= 4 is 16.1 Å². The SMILES string of the molecule is CN(/C=C\c1ccc(C#CCO)cc1)S(=O)(=O)c1ccccc1. The van der Waals surface area contributed by atoms with E-state index in [1.54, 1.807) is 36.4 Å². The van der Waals surface area contributed by atoms with Gasteiger partial charge < -0.3 is 5.11 Å². The summed E-state index contributed by atoms with van der Waals surface area (Å²) in [5.74, 6) is 5.37. The average Bonchev–Trinajstić information content (AvgIpc) is 2.59. The maximum Gasteiger partial charge on any atom is 0.263 e. The molecule has 0 radical (unpaired) electrons. The summed E-state index contributed by atoms with van der Waals surface area (Å²) in [7, 11) is -2.03. The van der Waals surface area contributed by atoms with E-state index in [1.807, 2.05) is 24.3 Å². The highest BCUT2D eigenvalue weighted by Gasteiger charge is 2.16. The molecule has 2 aromatic rings. The van der Waals surface area contributed by atoms with Gasteiger partial charge in [0.25, 0.3) is 10.0 Å². The molecule has 0 aliphatic carbocycles. The second kappa shape index (κ2) is 7.63. The van der Waals surface area contributed by atoms with Gasteiger partial charge in [0.2, 0.25) is 0 Å². The first-order chi connectivity index (χ1) is 11.0. The molecule has 0 spiro atoms. The van der Waals surface area contributed by atoms with Gasteiger partial charge in [0, 0.05) is 18.8 Å². The van der Waals surface area contributed by atoms with Crippen LogP contribution in [0, 0.1) is 11.8 Å². The second-order valence-electron chi connectivity index (χ2n) is 4.73. The third kappa shape index (κ3) is 4.46. The van der Waals surface area contributed by atoms with E-state index in [4.69, 9.17) is 5.11 Å². The molecule has 0 aliphatic rings. The Morgan fingerprint density at radius 3 is 2.35 bits per heavy atom. The largest absolute Gasteiger partial charge is 0.384 e. The van der Waals surface area contributed by atoms with E-state index >= 15 is 0 Å². The topological polar surface area (TPSA) is 57.6 Å². The molecule has 5 heteroatoms. The predicted octanol–water partition coefficient (Wildman–Crippen LogP) is 2.32. The molecule has 118 valence electrons. The Balaban J connectivity index is 2.13. The molecule has 0 bridgehead atoms. The highest BCUT2D eigenvalue weighted by molar-refractivity contribution is 7.89. The summed E-state index contributed by atoms with van der Waals surface area (Å²) < 4.78 is 25.9. The van der Waals surface area contributed by atoms with Crippen molar-refractivity contribution in [3.63, 3.8) is 0 Å². The molecule has 0 unspecified atom stereocenters. The van der Waals surface area contributed by atoms with E-state index in [9.17, 15) is 8.42 Å². The summed E-state index contributed by atoms with van der Waals surface area (Å²) in [6.07, 6.45) is 3.22. The molecule has 0 amide bonds. The van der Waals surface area contributed by atoms with E-state index in [-0.39, 0.29) is 11.5 Å². The van der Waals surface area contributed by atoms with Crippen LogP contribution in [0.3, 0.4) is 0 Å². The zero-order valence-electron chi connectivity index (χ0n) is 12.7. The van der Waals surface area contributed by atoms with Gasteiger partial charge in [0.1, 0.15) is 6.61 Å². The first kappa shape index (κ1) is 16.8. The number of sulfonamides is 1. The number of nitrogens with zero attached hydrogens (tertiary/aromatic N) is 1. The Hall–Kier alpha value is -2.55. The van der Waals surface area contributed by atoms with Crippen LogP contribution in [0.25, 0.3) is 6.08 Å². The van der Waals surface area contributed by atoms with Crippen LogP contribution in [0.15, 0.2) is 65.7 Å². The summed E-state index contributed by atoms with van der Waals surface area (Å²) in [4.78, 5) is 0.252. The molecule has 2 aromatic carbocycles. The lowest BCUT2D eigenvalue weighted by atomic mass is 10.1. The highest BCUT2D eigenvalue weighted by atomic mass is 32.2. The zero-order chi connectivity index (χ0) is 16.7. The van der Waals surface area contributed by atoms with Gasteiger partial charge in [0.15, 0.2) is 0 Å². The number of aliphatic hydroxyl groups is 1. The molecular weight excluding hydrogens is 310 g/mol. The summed E-state index contributed by atoms with van der Waals surface area (Å²) in [5.41, 5.74) is 1.65. The lowest BCUT2D eigenvalue weighted by molar-refractivity contribution is 0.350. The van der Waals surface area contributed by atoms with Gasteiger partial charge in [-0.05, 0) is 35.9 Å². The monoisotopic (exact) mass is 327 g/mol. The van der Waals surface area contributed by atoms with Crippen LogP contribution in [0.4, 0.5) is 0 Å². The van der Waals surface area contributed by atoms with Crippen LogP contribution in [0.5, 0.6) is 0 Å². The van der Waals surface area contributed by atoms with Gasteiger partial charge in [-0.3, -0.25) is 4.31 Å². The van der Waals surface area contributed by atoms with E-state index in [0.29, 0.717) is 0 Å². The minimum absolute atomic E-state index is 0.177. The normalized spacial score (nSPS) is 11.0. The number of hydrogen-bond acceptors (Lipinski definition) is 3. The quantitative estimate of drug-likeness (QED) is 0.877. The fourth-order valence-corrected chi connectivity index (χ4v) is 2.90. The number of aliphatic hydroxyl groups excluding tert-OH is 1. The second-order valence-corrected chi connectivity index (χ2v) is 6.73. The van der Waals surface area contributed by atoms with Crippen LogP contribution in [0.2, 0.25) is 0 Å². The maximum absolute atomic E-state index is 12.4. The maximum atomic E-state index is 12.4. The molecule has 0 fully saturated rings. The van der Waals surface area contributed by atoms with Crippen LogP contribution in [-0.2, 0) is 10.0 Å². The minimum atomic E-state index is -3.53. The first-order valence-electron chi connectivity index (χ1n) is 6.95. The Labute approximate surface area is 136 Å². The van der Waals surface area contributed by atoms with E-state index < -0.39 is 10.0 Å². The van der Waals surface area contributed by atoms with Crippen LogP contribution in [0.1, 0.15) is 11.1 Å². The Kier molecular flexibility index (Phi) is 5.58. The molecule has 0 heterocycles. The minimum Gasteiger partial charge on any atom is -0.384 e. The van der Waals surface area contributed by atoms with Crippen molar-refractivity contribution in [2.24, 2.45) is 0 Å². The predicted molar refractivity (Wildman–Crippen MR) is 90.8 cm³/mol.